The number of rotatable bonds is 2. The zero-order valence-corrected chi connectivity index (χ0v) is 11.4. The maximum absolute atomic E-state index is 4.64. The molecule has 0 aliphatic carbocycles. The van der Waals surface area contributed by atoms with Gasteiger partial charge in [-0.15, -0.1) is 0 Å². The van der Waals surface area contributed by atoms with Crippen molar-refractivity contribution in [3.8, 4) is 11.8 Å². The molecule has 2 aromatic heterocycles. The number of aromatic nitrogens is 3. The molecular weight excluding hydrogens is 246 g/mol. The standard InChI is InChI=1S/C17H15N3/c1-20-16-11-4-3-10-15(16)19-17(20)12-5-2-8-14-9-6-7-13-18-14/h3-4,6-7,9-11,13H,5,12H2,1H3. The van der Waals surface area contributed by atoms with E-state index in [1.165, 1.54) is 5.52 Å². The molecule has 3 nitrogen and oxygen atoms in total. The Labute approximate surface area is 118 Å². The minimum Gasteiger partial charge on any atom is -0.331 e. The van der Waals surface area contributed by atoms with Crippen molar-refractivity contribution in [2.45, 2.75) is 12.8 Å². The molecule has 1 aromatic carbocycles. The number of para-hydroxylation sites is 2. The summed E-state index contributed by atoms with van der Waals surface area (Å²) >= 11 is 0. The SMILES string of the molecule is Cn1c(CCC#Cc2ccccn2)nc2ccccc21. The number of fused-ring (bicyclic) bond motifs is 1. The Bertz CT molecular complexity index is 776. The van der Waals surface area contributed by atoms with Gasteiger partial charge in [-0.3, -0.25) is 0 Å². The minimum absolute atomic E-state index is 0.785. The summed E-state index contributed by atoms with van der Waals surface area (Å²) in [6, 6.07) is 13.9. The molecule has 0 atom stereocenters. The molecule has 0 bridgehead atoms. The molecule has 3 rings (SSSR count). The molecule has 0 amide bonds. The molecular formula is C17H15N3. The lowest BCUT2D eigenvalue weighted by atomic mass is 10.3. The lowest BCUT2D eigenvalue weighted by molar-refractivity contribution is 0.804. The van der Waals surface area contributed by atoms with Crippen LogP contribution in [0.15, 0.2) is 48.7 Å². The minimum atomic E-state index is 0.785. The average molecular weight is 261 g/mol. The van der Waals surface area contributed by atoms with Gasteiger partial charge in [-0.25, -0.2) is 9.97 Å². The van der Waals surface area contributed by atoms with Crippen molar-refractivity contribution in [3.05, 3.63) is 60.2 Å². The molecule has 3 aromatic rings. The summed E-state index contributed by atoms with van der Waals surface area (Å²) in [5, 5.41) is 0. The molecule has 98 valence electrons. The Kier molecular flexibility index (Phi) is 3.47. The van der Waals surface area contributed by atoms with Crippen LogP contribution in [0.3, 0.4) is 0 Å². The predicted molar refractivity (Wildman–Crippen MR) is 80.2 cm³/mol. The summed E-state index contributed by atoms with van der Waals surface area (Å²) in [6.07, 6.45) is 3.40. The lowest BCUT2D eigenvalue weighted by Gasteiger charge is -1.98. The Hall–Kier alpha value is -2.60. The highest BCUT2D eigenvalue weighted by Gasteiger charge is 2.05. The van der Waals surface area contributed by atoms with E-state index in [1.807, 2.05) is 36.4 Å². The highest BCUT2D eigenvalue weighted by Crippen LogP contribution is 2.14. The van der Waals surface area contributed by atoms with Gasteiger partial charge in [-0.2, -0.15) is 0 Å². The van der Waals surface area contributed by atoms with Gasteiger partial charge in [0.1, 0.15) is 11.5 Å². The lowest BCUT2D eigenvalue weighted by Crippen LogP contribution is -1.97. The predicted octanol–water partition coefficient (Wildman–Crippen LogP) is 2.95. The Morgan fingerprint density at radius 1 is 1.10 bits per heavy atom. The topological polar surface area (TPSA) is 30.7 Å². The van der Waals surface area contributed by atoms with E-state index in [9.17, 15) is 0 Å². The first-order chi connectivity index (χ1) is 9.84. The van der Waals surface area contributed by atoms with Crippen LogP contribution < -0.4 is 0 Å². The van der Waals surface area contributed by atoms with Gasteiger partial charge in [-0.05, 0) is 30.2 Å². The van der Waals surface area contributed by atoms with Crippen molar-refractivity contribution in [2.75, 3.05) is 0 Å². The summed E-state index contributed by atoms with van der Waals surface area (Å²) in [7, 11) is 2.05. The van der Waals surface area contributed by atoms with Crippen molar-refractivity contribution >= 4 is 11.0 Å². The van der Waals surface area contributed by atoms with Crippen molar-refractivity contribution in [3.63, 3.8) is 0 Å². The molecule has 2 heterocycles. The van der Waals surface area contributed by atoms with E-state index >= 15 is 0 Å². The van der Waals surface area contributed by atoms with Gasteiger partial charge in [-0.1, -0.05) is 24.1 Å². The zero-order valence-electron chi connectivity index (χ0n) is 11.4. The van der Waals surface area contributed by atoms with Crippen LogP contribution in [-0.2, 0) is 13.5 Å². The summed E-state index contributed by atoms with van der Waals surface area (Å²) in [6.45, 7) is 0. The van der Waals surface area contributed by atoms with E-state index in [4.69, 9.17) is 0 Å². The molecule has 0 aliphatic heterocycles. The molecule has 0 radical (unpaired) electrons. The number of nitrogens with zero attached hydrogens (tertiary/aromatic N) is 3. The zero-order chi connectivity index (χ0) is 13.8. The van der Waals surface area contributed by atoms with Crippen LogP contribution >= 0.6 is 0 Å². The summed E-state index contributed by atoms with van der Waals surface area (Å²) < 4.78 is 2.14. The largest absolute Gasteiger partial charge is 0.331 e. The van der Waals surface area contributed by atoms with E-state index in [0.29, 0.717) is 0 Å². The third-order valence-corrected chi connectivity index (χ3v) is 3.23. The quantitative estimate of drug-likeness (QED) is 0.664. The normalized spacial score (nSPS) is 10.2. The van der Waals surface area contributed by atoms with Gasteiger partial charge >= 0.3 is 0 Å². The third kappa shape index (κ3) is 2.55. The van der Waals surface area contributed by atoms with Gasteiger partial charge in [0.15, 0.2) is 0 Å². The fourth-order valence-corrected chi connectivity index (χ4v) is 2.18. The Balaban J connectivity index is 1.72. The van der Waals surface area contributed by atoms with E-state index in [-0.39, 0.29) is 0 Å². The molecule has 0 saturated carbocycles. The smallest absolute Gasteiger partial charge is 0.113 e. The molecule has 0 aliphatic rings. The number of aryl methyl sites for hydroxylation is 2. The fraction of sp³-hybridized carbons (Fsp3) is 0.176. The maximum Gasteiger partial charge on any atom is 0.113 e. The Morgan fingerprint density at radius 2 is 1.95 bits per heavy atom. The van der Waals surface area contributed by atoms with E-state index < -0.39 is 0 Å². The van der Waals surface area contributed by atoms with Gasteiger partial charge in [0.05, 0.1) is 11.0 Å². The number of imidazole rings is 1. The number of benzene rings is 1. The second-order valence-electron chi connectivity index (χ2n) is 4.59. The van der Waals surface area contributed by atoms with Crippen molar-refractivity contribution in [1.29, 1.82) is 0 Å². The molecule has 0 unspecified atom stereocenters. The maximum atomic E-state index is 4.64. The van der Waals surface area contributed by atoms with Crippen LogP contribution in [0, 0.1) is 11.8 Å². The summed E-state index contributed by atoms with van der Waals surface area (Å²) in [5.41, 5.74) is 3.03. The first-order valence-electron chi connectivity index (χ1n) is 6.65. The van der Waals surface area contributed by atoms with Gasteiger partial charge in [0.25, 0.3) is 0 Å². The van der Waals surface area contributed by atoms with Crippen LogP contribution in [0.5, 0.6) is 0 Å². The first kappa shape index (κ1) is 12.4. The van der Waals surface area contributed by atoms with Gasteiger partial charge in [0, 0.05) is 26.1 Å². The molecule has 0 spiro atoms. The first-order valence-corrected chi connectivity index (χ1v) is 6.65. The van der Waals surface area contributed by atoms with Crippen molar-refractivity contribution in [1.82, 2.24) is 14.5 Å². The van der Waals surface area contributed by atoms with E-state index in [1.54, 1.807) is 6.20 Å². The van der Waals surface area contributed by atoms with Gasteiger partial charge < -0.3 is 4.57 Å². The number of pyridine rings is 1. The molecule has 0 N–H and O–H groups in total. The average Bonchev–Trinajstić information content (AvgIpc) is 2.82. The highest BCUT2D eigenvalue weighted by atomic mass is 15.1. The van der Waals surface area contributed by atoms with Crippen LogP contribution in [0.1, 0.15) is 17.9 Å². The third-order valence-electron chi connectivity index (χ3n) is 3.23. The second-order valence-corrected chi connectivity index (χ2v) is 4.59. The van der Waals surface area contributed by atoms with Gasteiger partial charge in [0.2, 0.25) is 0 Å². The second kappa shape index (κ2) is 5.58. The summed E-state index contributed by atoms with van der Waals surface area (Å²) in [5.74, 6) is 7.30. The molecule has 20 heavy (non-hydrogen) atoms. The molecule has 0 fully saturated rings. The van der Waals surface area contributed by atoms with E-state index in [2.05, 4.69) is 39.5 Å². The fourth-order valence-electron chi connectivity index (χ4n) is 2.18. The van der Waals surface area contributed by atoms with Crippen LogP contribution in [-0.4, -0.2) is 14.5 Å². The number of hydrogen-bond donors (Lipinski definition) is 0. The molecule has 3 heteroatoms. The molecule has 0 saturated heterocycles. The van der Waals surface area contributed by atoms with E-state index in [0.717, 1.165) is 29.9 Å². The van der Waals surface area contributed by atoms with Crippen LogP contribution in [0.25, 0.3) is 11.0 Å². The Morgan fingerprint density at radius 3 is 2.75 bits per heavy atom. The van der Waals surface area contributed by atoms with Crippen molar-refractivity contribution in [2.24, 2.45) is 7.05 Å². The number of hydrogen-bond acceptors (Lipinski definition) is 2. The monoisotopic (exact) mass is 261 g/mol. The van der Waals surface area contributed by atoms with Crippen LogP contribution in [0.4, 0.5) is 0 Å². The van der Waals surface area contributed by atoms with Crippen LogP contribution in [0.2, 0.25) is 0 Å². The van der Waals surface area contributed by atoms with Crippen molar-refractivity contribution < 1.29 is 0 Å². The summed E-state index contributed by atoms with van der Waals surface area (Å²) in [4.78, 5) is 8.82. The highest BCUT2D eigenvalue weighted by molar-refractivity contribution is 5.75.